The van der Waals surface area contributed by atoms with Gasteiger partial charge in [0.05, 0.1) is 18.8 Å². The van der Waals surface area contributed by atoms with Crippen LogP contribution in [-0.4, -0.2) is 73.7 Å². The summed E-state index contributed by atoms with van der Waals surface area (Å²) in [5.74, 6) is 1.19. The van der Waals surface area contributed by atoms with Gasteiger partial charge in [-0.1, -0.05) is 0 Å². The van der Waals surface area contributed by atoms with E-state index in [2.05, 4.69) is 0 Å². The molecule has 27 heavy (non-hydrogen) atoms. The Bertz CT molecular complexity index is 664. The Hall–Kier alpha value is -2.28. The number of nitrogens with zero attached hydrogens (tertiary/aromatic N) is 2. The first-order valence-electron chi connectivity index (χ1n) is 9.73. The standard InChI is InChI=1S/C20H28N2O5/c1-3-25-15-7-8-16(18(14-15)26-4-2)19(23)21-9-11-22(12-10-21)20(24)17-6-5-13-27-17/h7-8,14,17H,3-6,9-13H2,1-2H3. The predicted molar refractivity (Wildman–Crippen MR) is 100 cm³/mol. The van der Waals surface area contributed by atoms with E-state index in [1.165, 1.54) is 0 Å². The molecule has 2 heterocycles. The highest BCUT2D eigenvalue weighted by Crippen LogP contribution is 2.27. The van der Waals surface area contributed by atoms with E-state index in [0.29, 0.717) is 63.1 Å². The Morgan fingerprint density at radius 3 is 2.41 bits per heavy atom. The van der Waals surface area contributed by atoms with E-state index < -0.39 is 0 Å². The van der Waals surface area contributed by atoms with Gasteiger partial charge in [-0.25, -0.2) is 0 Å². The van der Waals surface area contributed by atoms with E-state index >= 15 is 0 Å². The summed E-state index contributed by atoms with van der Waals surface area (Å²) in [4.78, 5) is 29.0. The Morgan fingerprint density at radius 2 is 1.78 bits per heavy atom. The van der Waals surface area contributed by atoms with E-state index in [-0.39, 0.29) is 17.9 Å². The monoisotopic (exact) mass is 376 g/mol. The fraction of sp³-hybridized carbons (Fsp3) is 0.600. The number of hydrogen-bond donors (Lipinski definition) is 0. The van der Waals surface area contributed by atoms with Crippen LogP contribution in [0.15, 0.2) is 18.2 Å². The first-order chi connectivity index (χ1) is 13.1. The fourth-order valence-electron chi connectivity index (χ4n) is 3.49. The first-order valence-corrected chi connectivity index (χ1v) is 9.73. The van der Waals surface area contributed by atoms with Crippen LogP contribution in [0.4, 0.5) is 0 Å². The van der Waals surface area contributed by atoms with Gasteiger partial charge in [-0.05, 0) is 38.8 Å². The molecule has 1 aromatic carbocycles. The predicted octanol–water partition coefficient (Wildman–Crippen LogP) is 1.95. The molecule has 0 spiro atoms. The third kappa shape index (κ3) is 4.53. The van der Waals surface area contributed by atoms with Gasteiger partial charge in [0.15, 0.2) is 0 Å². The van der Waals surface area contributed by atoms with Crippen molar-refractivity contribution in [2.24, 2.45) is 0 Å². The topological polar surface area (TPSA) is 68.3 Å². The molecule has 0 N–H and O–H groups in total. The summed E-state index contributed by atoms with van der Waals surface area (Å²) in [5, 5.41) is 0. The maximum absolute atomic E-state index is 13.0. The molecule has 2 aliphatic rings. The maximum atomic E-state index is 13.0. The molecule has 0 aliphatic carbocycles. The van der Waals surface area contributed by atoms with E-state index in [0.717, 1.165) is 12.8 Å². The SMILES string of the molecule is CCOc1ccc(C(=O)N2CCN(C(=O)C3CCCO3)CC2)c(OCC)c1. The molecule has 0 radical (unpaired) electrons. The van der Waals surface area contributed by atoms with Gasteiger partial charge in [-0.3, -0.25) is 9.59 Å². The summed E-state index contributed by atoms with van der Waals surface area (Å²) in [5.41, 5.74) is 0.527. The Morgan fingerprint density at radius 1 is 1.07 bits per heavy atom. The lowest BCUT2D eigenvalue weighted by Crippen LogP contribution is -2.52. The molecular weight excluding hydrogens is 348 g/mol. The summed E-state index contributed by atoms with van der Waals surface area (Å²) in [6.45, 7) is 7.57. The molecule has 7 nitrogen and oxygen atoms in total. The number of ether oxygens (including phenoxy) is 3. The van der Waals surface area contributed by atoms with Crippen molar-refractivity contribution in [1.29, 1.82) is 0 Å². The van der Waals surface area contributed by atoms with Gasteiger partial charge in [0, 0.05) is 38.9 Å². The fourth-order valence-corrected chi connectivity index (χ4v) is 3.49. The molecule has 1 atom stereocenters. The van der Waals surface area contributed by atoms with Gasteiger partial charge >= 0.3 is 0 Å². The van der Waals surface area contributed by atoms with Crippen molar-refractivity contribution in [3.05, 3.63) is 23.8 Å². The summed E-state index contributed by atoms with van der Waals surface area (Å²) in [6, 6.07) is 5.30. The molecule has 7 heteroatoms. The van der Waals surface area contributed by atoms with Crippen molar-refractivity contribution in [3.8, 4) is 11.5 Å². The highest BCUT2D eigenvalue weighted by atomic mass is 16.5. The van der Waals surface area contributed by atoms with Crippen LogP contribution in [0, 0.1) is 0 Å². The molecule has 2 aliphatic heterocycles. The molecule has 0 aromatic heterocycles. The second-order valence-corrected chi connectivity index (χ2v) is 6.64. The zero-order valence-corrected chi connectivity index (χ0v) is 16.1. The smallest absolute Gasteiger partial charge is 0.257 e. The van der Waals surface area contributed by atoms with Gasteiger partial charge in [0.2, 0.25) is 0 Å². The summed E-state index contributed by atoms with van der Waals surface area (Å²) in [6.07, 6.45) is 1.43. The molecule has 2 saturated heterocycles. The average Bonchev–Trinajstić information content (AvgIpc) is 3.23. The van der Waals surface area contributed by atoms with Crippen molar-refractivity contribution in [3.63, 3.8) is 0 Å². The Kier molecular flexibility index (Phi) is 6.55. The molecule has 0 bridgehead atoms. The number of carbonyl (C=O) groups excluding carboxylic acids is 2. The van der Waals surface area contributed by atoms with Gasteiger partial charge in [-0.2, -0.15) is 0 Å². The molecule has 0 saturated carbocycles. The molecular formula is C20H28N2O5. The Balaban J connectivity index is 1.64. The van der Waals surface area contributed by atoms with Crippen LogP contribution in [0.1, 0.15) is 37.0 Å². The normalized spacial score (nSPS) is 19.9. The minimum atomic E-state index is -0.303. The van der Waals surface area contributed by atoms with Crippen LogP contribution in [-0.2, 0) is 9.53 Å². The zero-order chi connectivity index (χ0) is 19.2. The van der Waals surface area contributed by atoms with Crippen molar-refractivity contribution < 1.29 is 23.8 Å². The molecule has 148 valence electrons. The third-order valence-corrected chi connectivity index (χ3v) is 4.88. The largest absolute Gasteiger partial charge is 0.494 e. The molecule has 2 fully saturated rings. The second kappa shape index (κ2) is 9.08. The highest BCUT2D eigenvalue weighted by Gasteiger charge is 2.32. The number of piperazine rings is 1. The summed E-state index contributed by atoms with van der Waals surface area (Å²) in [7, 11) is 0. The van der Waals surface area contributed by atoms with Gasteiger partial charge < -0.3 is 24.0 Å². The highest BCUT2D eigenvalue weighted by molar-refractivity contribution is 5.97. The molecule has 3 rings (SSSR count). The lowest BCUT2D eigenvalue weighted by atomic mass is 10.1. The van der Waals surface area contributed by atoms with Gasteiger partial charge in [0.1, 0.15) is 17.6 Å². The quantitative estimate of drug-likeness (QED) is 0.759. The van der Waals surface area contributed by atoms with E-state index in [1.54, 1.807) is 28.0 Å². The molecule has 1 unspecified atom stereocenters. The average molecular weight is 376 g/mol. The van der Waals surface area contributed by atoms with Gasteiger partial charge in [0.25, 0.3) is 11.8 Å². The van der Waals surface area contributed by atoms with Crippen molar-refractivity contribution in [2.75, 3.05) is 46.0 Å². The number of hydrogen-bond acceptors (Lipinski definition) is 5. The lowest BCUT2D eigenvalue weighted by Gasteiger charge is -2.36. The van der Waals surface area contributed by atoms with Crippen molar-refractivity contribution >= 4 is 11.8 Å². The summed E-state index contributed by atoms with van der Waals surface area (Å²) >= 11 is 0. The van der Waals surface area contributed by atoms with Crippen LogP contribution in [0.2, 0.25) is 0 Å². The Labute approximate surface area is 160 Å². The van der Waals surface area contributed by atoms with Crippen LogP contribution in [0.3, 0.4) is 0 Å². The van der Waals surface area contributed by atoms with Gasteiger partial charge in [-0.15, -0.1) is 0 Å². The number of benzene rings is 1. The lowest BCUT2D eigenvalue weighted by molar-refractivity contribution is -0.142. The van der Waals surface area contributed by atoms with Crippen LogP contribution in [0.25, 0.3) is 0 Å². The molecule has 2 amide bonds. The maximum Gasteiger partial charge on any atom is 0.257 e. The van der Waals surface area contributed by atoms with E-state index in [9.17, 15) is 9.59 Å². The first kappa shape index (κ1) is 19.5. The number of carbonyl (C=O) groups is 2. The van der Waals surface area contributed by atoms with E-state index in [1.807, 2.05) is 13.8 Å². The minimum Gasteiger partial charge on any atom is -0.494 e. The van der Waals surface area contributed by atoms with Crippen LogP contribution >= 0.6 is 0 Å². The third-order valence-electron chi connectivity index (χ3n) is 4.88. The van der Waals surface area contributed by atoms with E-state index in [4.69, 9.17) is 14.2 Å². The van der Waals surface area contributed by atoms with Crippen molar-refractivity contribution in [1.82, 2.24) is 9.80 Å². The number of rotatable bonds is 6. The number of amides is 2. The molecule has 1 aromatic rings. The minimum absolute atomic E-state index is 0.0515. The zero-order valence-electron chi connectivity index (χ0n) is 16.1. The van der Waals surface area contributed by atoms with Crippen LogP contribution < -0.4 is 9.47 Å². The summed E-state index contributed by atoms with van der Waals surface area (Å²) < 4.78 is 16.6. The second-order valence-electron chi connectivity index (χ2n) is 6.64. The van der Waals surface area contributed by atoms with Crippen LogP contribution in [0.5, 0.6) is 11.5 Å². The van der Waals surface area contributed by atoms with Crippen molar-refractivity contribution in [2.45, 2.75) is 32.8 Å².